The van der Waals surface area contributed by atoms with E-state index in [9.17, 15) is 14.0 Å². The summed E-state index contributed by atoms with van der Waals surface area (Å²) in [6.45, 7) is -0.266. The summed E-state index contributed by atoms with van der Waals surface area (Å²) >= 11 is 0. The summed E-state index contributed by atoms with van der Waals surface area (Å²) in [5, 5.41) is 6.56. The van der Waals surface area contributed by atoms with Crippen LogP contribution in [0.1, 0.15) is 15.9 Å². The van der Waals surface area contributed by atoms with Crippen molar-refractivity contribution in [2.75, 3.05) is 26.1 Å². The summed E-state index contributed by atoms with van der Waals surface area (Å²) in [5.74, 6) is 0.117. The first kappa shape index (κ1) is 23.3. The molecule has 0 saturated heterocycles. The predicted molar refractivity (Wildman–Crippen MR) is 122 cm³/mol. The quantitative estimate of drug-likeness (QED) is 0.383. The molecule has 3 aromatic carbocycles. The van der Waals surface area contributed by atoms with E-state index in [1.165, 1.54) is 44.7 Å². The predicted octanol–water partition coefficient (Wildman–Crippen LogP) is 3.62. The van der Waals surface area contributed by atoms with Crippen molar-refractivity contribution in [1.29, 1.82) is 0 Å². The minimum atomic E-state index is -0.408. The third-order valence-electron chi connectivity index (χ3n) is 4.39. The summed E-state index contributed by atoms with van der Waals surface area (Å²) in [6.07, 6.45) is 1.45. The van der Waals surface area contributed by atoms with Crippen molar-refractivity contribution < 1.29 is 28.2 Å². The average molecular weight is 451 g/mol. The van der Waals surface area contributed by atoms with Crippen LogP contribution in [-0.4, -0.2) is 38.9 Å². The lowest BCUT2D eigenvalue weighted by Gasteiger charge is -2.11. The van der Waals surface area contributed by atoms with Gasteiger partial charge in [0.15, 0.2) is 18.1 Å². The molecule has 0 aliphatic heterocycles. The molecule has 33 heavy (non-hydrogen) atoms. The largest absolute Gasteiger partial charge is 0.497 e. The molecule has 0 bridgehead atoms. The third kappa shape index (κ3) is 6.79. The maximum atomic E-state index is 12.9. The van der Waals surface area contributed by atoms with Gasteiger partial charge in [0.1, 0.15) is 11.6 Å². The van der Waals surface area contributed by atoms with Crippen molar-refractivity contribution in [3.8, 4) is 17.2 Å². The van der Waals surface area contributed by atoms with Crippen LogP contribution in [0.2, 0.25) is 0 Å². The second-order valence-corrected chi connectivity index (χ2v) is 6.69. The van der Waals surface area contributed by atoms with Crippen molar-refractivity contribution >= 4 is 23.7 Å². The van der Waals surface area contributed by atoms with Crippen LogP contribution in [0.5, 0.6) is 17.2 Å². The number of carbonyl (C=O) groups is 2. The maximum Gasteiger partial charge on any atom is 0.271 e. The molecule has 0 aromatic heterocycles. The van der Waals surface area contributed by atoms with Crippen LogP contribution in [0.15, 0.2) is 71.8 Å². The van der Waals surface area contributed by atoms with E-state index in [2.05, 4.69) is 15.8 Å². The Morgan fingerprint density at radius 2 is 1.76 bits per heavy atom. The Morgan fingerprint density at radius 1 is 0.970 bits per heavy atom. The zero-order valence-electron chi connectivity index (χ0n) is 18.0. The van der Waals surface area contributed by atoms with E-state index in [-0.39, 0.29) is 12.5 Å². The molecule has 0 aliphatic carbocycles. The summed E-state index contributed by atoms with van der Waals surface area (Å²) in [5.41, 5.74) is 3.95. The van der Waals surface area contributed by atoms with Gasteiger partial charge in [0.25, 0.3) is 11.8 Å². The number of anilines is 1. The number of hydrogen-bond acceptors (Lipinski definition) is 6. The standard InChI is InChI=1S/C24H22FN3O5/c1-31-20-5-3-4-17(13-20)24(30)28-26-14-16-6-11-21(22(12-16)32-2)33-15-23(29)27-19-9-7-18(25)8-10-19/h3-14H,15H2,1-2H3,(H,27,29)(H,28,30)/b26-14+. The zero-order chi connectivity index (χ0) is 23.6. The maximum absolute atomic E-state index is 12.9. The van der Waals surface area contributed by atoms with Crippen LogP contribution < -0.4 is 25.0 Å². The first-order chi connectivity index (χ1) is 16.0. The Balaban J connectivity index is 1.56. The highest BCUT2D eigenvalue weighted by molar-refractivity contribution is 5.95. The van der Waals surface area contributed by atoms with E-state index in [1.54, 1.807) is 42.5 Å². The molecule has 0 atom stereocenters. The first-order valence-electron chi connectivity index (χ1n) is 9.82. The molecule has 0 saturated carbocycles. The number of nitrogens with one attached hydrogen (secondary N) is 2. The highest BCUT2D eigenvalue weighted by Crippen LogP contribution is 2.27. The average Bonchev–Trinajstić information content (AvgIpc) is 2.84. The summed E-state index contributed by atoms with van der Waals surface area (Å²) in [7, 11) is 2.99. The number of hydrazone groups is 1. The molecule has 170 valence electrons. The minimum absolute atomic E-state index is 0.266. The molecule has 0 spiro atoms. The van der Waals surface area contributed by atoms with Gasteiger partial charge < -0.3 is 19.5 Å². The van der Waals surface area contributed by atoms with Crippen LogP contribution in [0, 0.1) is 5.82 Å². The van der Waals surface area contributed by atoms with Crippen molar-refractivity contribution in [3.63, 3.8) is 0 Å². The minimum Gasteiger partial charge on any atom is -0.497 e. The summed E-state index contributed by atoms with van der Waals surface area (Å²) < 4.78 is 28.9. The smallest absolute Gasteiger partial charge is 0.271 e. The highest BCUT2D eigenvalue weighted by atomic mass is 19.1. The summed E-state index contributed by atoms with van der Waals surface area (Å²) in [4.78, 5) is 24.3. The Kier molecular flexibility index (Phi) is 7.96. The molecule has 0 fully saturated rings. The molecule has 0 heterocycles. The Labute approximate surface area is 190 Å². The molecular formula is C24H22FN3O5. The lowest BCUT2D eigenvalue weighted by molar-refractivity contribution is -0.118. The number of rotatable bonds is 9. The van der Waals surface area contributed by atoms with Crippen molar-refractivity contribution in [2.45, 2.75) is 0 Å². The SMILES string of the molecule is COc1cccc(C(=O)N/N=C/c2ccc(OCC(=O)Nc3ccc(F)cc3)c(OC)c2)c1. The van der Waals surface area contributed by atoms with Gasteiger partial charge in [-0.3, -0.25) is 9.59 Å². The van der Waals surface area contributed by atoms with E-state index in [0.717, 1.165) is 0 Å². The van der Waals surface area contributed by atoms with Crippen molar-refractivity contribution in [2.24, 2.45) is 5.10 Å². The first-order valence-corrected chi connectivity index (χ1v) is 9.82. The van der Waals surface area contributed by atoms with Gasteiger partial charge in [-0.05, 0) is 66.2 Å². The number of halogens is 1. The number of nitrogens with zero attached hydrogens (tertiary/aromatic N) is 1. The van der Waals surface area contributed by atoms with Crippen LogP contribution in [0.25, 0.3) is 0 Å². The topological polar surface area (TPSA) is 98.3 Å². The van der Waals surface area contributed by atoms with Gasteiger partial charge in [-0.15, -0.1) is 0 Å². The van der Waals surface area contributed by atoms with Gasteiger partial charge in [-0.2, -0.15) is 5.10 Å². The normalized spacial score (nSPS) is 10.5. The third-order valence-corrected chi connectivity index (χ3v) is 4.39. The number of methoxy groups -OCH3 is 2. The van der Waals surface area contributed by atoms with E-state index >= 15 is 0 Å². The molecule has 2 N–H and O–H groups in total. The highest BCUT2D eigenvalue weighted by Gasteiger charge is 2.09. The van der Waals surface area contributed by atoms with Crippen molar-refractivity contribution in [1.82, 2.24) is 5.43 Å². The Bertz CT molecular complexity index is 1150. The fraction of sp³-hybridized carbons (Fsp3) is 0.125. The number of benzene rings is 3. The zero-order valence-corrected chi connectivity index (χ0v) is 18.0. The van der Waals surface area contributed by atoms with Gasteiger partial charge in [0, 0.05) is 11.3 Å². The van der Waals surface area contributed by atoms with Gasteiger partial charge in [0.05, 0.1) is 20.4 Å². The lowest BCUT2D eigenvalue weighted by Crippen LogP contribution is -2.20. The Morgan fingerprint density at radius 3 is 2.48 bits per heavy atom. The van der Waals surface area contributed by atoms with Gasteiger partial charge in [-0.25, -0.2) is 9.82 Å². The van der Waals surface area contributed by atoms with Crippen molar-refractivity contribution in [3.05, 3.63) is 83.7 Å². The van der Waals surface area contributed by atoms with E-state index in [1.807, 2.05) is 0 Å². The molecule has 0 radical (unpaired) electrons. The van der Waals surface area contributed by atoms with Crippen LogP contribution in [0.3, 0.4) is 0 Å². The van der Waals surface area contributed by atoms with Gasteiger partial charge in [-0.1, -0.05) is 6.07 Å². The number of ether oxygens (including phenoxy) is 3. The van der Waals surface area contributed by atoms with Crippen LogP contribution in [-0.2, 0) is 4.79 Å². The van der Waals surface area contributed by atoms with Crippen LogP contribution >= 0.6 is 0 Å². The fourth-order valence-electron chi connectivity index (χ4n) is 2.75. The summed E-state index contributed by atoms with van der Waals surface area (Å²) in [6, 6.07) is 17.1. The van der Waals surface area contributed by atoms with E-state index < -0.39 is 11.7 Å². The molecule has 3 aromatic rings. The number of carbonyl (C=O) groups excluding carboxylic acids is 2. The second-order valence-electron chi connectivity index (χ2n) is 6.69. The van der Waals surface area contributed by atoms with E-state index in [4.69, 9.17) is 14.2 Å². The second kappa shape index (κ2) is 11.3. The van der Waals surface area contributed by atoms with Crippen LogP contribution in [0.4, 0.5) is 10.1 Å². The Hall–Kier alpha value is -4.40. The lowest BCUT2D eigenvalue weighted by atomic mass is 10.2. The fourth-order valence-corrected chi connectivity index (χ4v) is 2.75. The van der Waals surface area contributed by atoms with Gasteiger partial charge >= 0.3 is 0 Å². The molecule has 8 nitrogen and oxygen atoms in total. The number of hydrogen-bond donors (Lipinski definition) is 2. The molecule has 0 aliphatic rings. The monoisotopic (exact) mass is 451 g/mol. The van der Waals surface area contributed by atoms with E-state index in [0.29, 0.717) is 34.1 Å². The number of amides is 2. The molecule has 0 unspecified atom stereocenters. The van der Waals surface area contributed by atoms with Gasteiger partial charge in [0.2, 0.25) is 0 Å². The molecule has 3 rings (SSSR count). The molecule has 2 amide bonds. The molecular weight excluding hydrogens is 429 g/mol. The molecule has 9 heteroatoms.